The maximum absolute atomic E-state index is 12.0. The van der Waals surface area contributed by atoms with Gasteiger partial charge < -0.3 is 14.7 Å². The summed E-state index contributed by atoms with van der Waals surface area (Å²) in [5, 5.41) is 10.8. The normalized spacial score (nSPS) is 38.1. The van der Waals surface area contributed by atoms with Gasteiger partial charge in [0, 0.05) is 14.0 Å². The summed E-state index contributed by atoms with van der Waals surface area (Å²) in [6.45, 7) is 3.93. The lowest BCUT2D eigenvalue weighted by Gasteiger charge is -2.52. The highest BCUT2D eigenvalue weighted by atomic mass is 16.5. The maximum Gasteiger partial charge on any atom is 0.219 e. The number of aliphatic hydroxyl groups is 1. The molecule has 0 heterocycles. The topological polar surface area (TPSA) is 49.8 Å². The second-order valence-electron chi connectivity index (χ2n) is 8.90. The molecular weight excluding hydrogens is 326 g/mol. The van der Waals surface area contributed by atoms with E-state index in [-0.39, 0.29) is 17.4 Å². The van der Waals surface area contributed by atoms with Crippen molar-refractivity contribution in [2.24, 2.45) is 17.3 Å². The number of hydrogen-bond acceptors (Lipinski definition) is 3. The lowest BCUT2D eigenvalue weighted by Crippen LogP contribution is -2.52. The summed E-state index contributed by atoms with van der Waals surface area (Å²) in [4.78, 5) is 13.8. The van der Waals surface area contributed by atoms with Crippen LogP contribution >= 0.6 is 0 Å². The predicted octanol–water partition coefficient (Wildman–Crippen LogP) is 3.37. The Labute approximate surface area is 156 Å². The minimum atomic E-state index is -0.407. The first-order chi connectivity index (χ1) is 12.4. The Morgan fingerprint density at radius 1 is 1.35 bits per heavy atom. The highest BCUT2D eigenvalue weighted by molar-refractivity contribution is 5.73. The number of carbonyl (C=O) groups is 1. The van der Waals surface area contributed by atoms with Gasteiger partial charge in [-0.2, -0.15) is 0 Å². The molecule has 0 radical (unpaired) electrons. The molecule has 4 rings (SSSR count). The van der Waals surface area contributed by atoms with E-state index in [0.29, 0.717) is 17.8 Å². The van der Waals surface area contributed by atoms with Crippen molar-refractivity contribution >= 4 is 5.91 Å². The standard InChI is InChI=1S/C22H31NO3/c1-13(24)23(3)21-20(25)12-19-18-7-5-14-11-15(26-4)6-8-16(14)17(18)9-10-22(19,21)2/h6,8,11,17-21,25H,5,7,9-10,12H2,1-4H3/t17-,18-,19+,20-,21+,22+/m1/s1. The SMILES string of the molecule is COc1ccc2c(c1)CC[C@@H]1[C@@H]2CC[C@]2(C)[C@@H](N(C)C(C)=O)[C@H](O)C[C@@H]12. The fraction of sp³-hybridized carbons (Fsp3) is 0.682. The zero-order valence-corrected chi connectivity index (χ0v) is 16.4. The minimum absolute atomic E-state index is 0.0188. The molecule has 26 heavy (non-hydrogen) atoms. The van der Waals surface area contributed by atoms with Crippen molar-refractivity contribution in [1.29, 1.82) is 0 Å². The zero-order chi connectivity index (χ0) is 18.6. The van der Waals surface area contributed by atoms with E-state index in [1.165, 1.54) is 17.5 Å². The highest BCUT2D eigenvalue weighted by Gasteiger charge is 2.59. The molecule has 0 spiro atoms. The lowest BCUT2D eigenvalue weighted by atomic mass is 9.55. The molecule has 6 atom stereocenters. The van der Waals surface area contributed by atoms with Gasteiger partial charge in [-0.3, -0.25) is 4.79 Å². The molecule has 1 aromatic rings. The van der Waals surface area contributed by atoms with Crippen LogP contribution in [0, 0.1) is 17.3 Å². The third-order valence-corrected chi connectivity index (χ3v) is 7.82. The van der Waals surface area contributed by atoms with Crippen molar-refractivity contribution in [3.05, 3.63) is 29.3 Å². The Bertz CT molecular complexity index is 717. The lowest BCUT2D eigenvalue weighted by molar-refractivity contribution is -0.135. The van der Waals surface area contributed by atoms with Crippen LogP contribution in [-0.2, 0) is 11.2 Å². The van der Waals surface area contributed by atoms with Crippen LogP contribution in [0.25, 0.3) is 0 Å². The number of ether oxygens (including phenoxy) is 1. The number of amides is 1. The van der Waals surface area contributed by atoms with Crippen LogP contribution in [0.15, 0.2) is 18.2 Å². The quantitative estimate of drug-likeness (QED) is 0.883. The van der Waals surface area contributed by atoms with Crippen LogP contribution in [-0.4, -0.2) is 42.2 Å². The van der Waals surface area contributed by atoms with Crippen LogP contribution < -0.4 is 4.74 Å². The Balaban J connectivity index is 1.66. The summed E-state index contributed by atoms with van der Waals surface area (Å²) >= 11 is 0. The van der Waals surface area contributed by atoms with Crippen molar-refractivity contribution in [3.8, 4) is 5.75 Å². The molecule has 4 heteroatoms. The van der Waals surface area contributed by atoms with E-state index in [9.17, 15) is 9.90 Å². The molecule has 142 valence electrons. The molecule has 3 aliphatic carbocycles. The first-order valence-corrected chi connectivity index (χ1v) is 9.95. The predicted molar refractivity (Wildman–Crippen MR) is 101 cm³/mol. The number of hydrogen-bond donors (Lipinski definition) is 1. The number of aryl methyl sites for hydroxylation is 1. The number of aliphatic hydroxyl groups excluding tert-OH is 1. The third-order valence-electron chi connectivity index (χ3n) is 7.82. The van der Waals surface area contributed by atoms with Gasteiger partial charge in [0.1, 0.15) is 5.75 Å². The van der Waals surface area contributed by atoms with Crippen molar-refractivity contribution in [2.45, 2.75) is 64.0 Å². The summed E-state index contributed by atoms with van der Waals surface area (Å²) in [6.07, 6.45) is 4.90. The van der Waals surface area contributed by atoms with E-state index >= 15 is 0 Å². The van der Waals surface area contributed by atoms with E-state index in [0.717, 1.165) is 31.4 Å². The Morgan fingerprint density at radius 3 is 2.81 bits per heavy atom. The molecule has 4 nitrogen and oxygen atoms in total. The van der Waals surface area contributed by atoms with Crippen LogP contribution in [0.1, 0.15) is 56.6 Å². The number of methoxy groups -OCH3 is 1. The molecule has 2 saturated carbocycles. The maximum atomic E-state index is 12.0. The first-order valence-electron chi connectivity index (χ1n) is 9.95. The van der Waals surface area contributed by atoms with Crippen molar-refractivity contribution in [3.63, 3.8) is 0 Å². The first kappa shape index (κ1) is 17.8. The van der Waals surface area contributed by atoms with E-state index in [1.807, 2.05) is 7.05 Å². The molecule has 1 amide bonds. The molecule has 2 fully saturated rings. The van der Waals surface area contributed by atoms with Gasteiger partial charge in [0.2, 0.25) is 5.91 Å². The summed E-state index contributed by atoms with van der Waals surface area (Å²) in [6, 6.07) is 6.50. The second-order valence-corrected chi connectivity index (χ2v) is 8.90. The van der Waals surface area contributed by atoms with Gasteiger partial charge in [-0.1, -0.05) is 13.0 Å². The van der Waals surface area contributed by atoms with Gasteiger partial charge in [0.15, 0.2) is 0 Å². The van der Waals surface area contributed by atoms with Gasteiger partial charge in [-0.15, -0.1) is 0 Å². The molecular formula is C22H31NO3. The summed E-state index contributed by atoms with van der Waals surface area (Å²) in [7, 11) is 3.59. The van der Waals surface area contributed by atoms with Crippen molar-refractivity contribution < 1.29 is 14.6 Å². The monoisotopic (exact) mass is 357 g/mol. The molecule has 0 unspecified atom stereocenters. The van der Waals surface area contributed by atoms with Gasteiger partial charge in [0.25, 0.3) is 0 Å². The van der Waals surface area contributed by atoms with Gasteiger partial charge in [-0.25, -0.2) is 0 Å². The second kappa shape index (κ2) is 6.26. The molecule has 3 aliphatic rings. The summed E-state index contributed by atoms with van der Waals surface area (Å²) < 4.78 is 5.41. The fourth-order valence-electron chi connectivity index (χ4n) is 6.57. The number of rotatable bonds is 2. The fourth-order valence-corrected chi connectivity index (χ4v) is 6.57. The smallest absolute Gasteiger partial charge is 0.219 e. The number of carbonyl (C=O) groups excluding carboxylic acids is 1. The Hall–Kier alpha value is -1.55. The molecule has 0 bridgehead atoms. The summed E-state index contributed by atoms with van der Waals surface area (Å²) in [5.41, 5.74) is 2.94. The van der Waals surface area contributed by atoms with E-state index in [4.69, 9.17) is 4.74 Å². The largest absolute Gasteiger partial charge is 0.497 e. The molecule has 1 N–H and O–H groups in total. The average Bonchev–Trinajstić information content (AvgIpc) is 2.90. The zero-order valence-electron chi connectivity index (χ0n) is 16.4. The molecule has 0 saturated heterocycles. The van der Waals surface area contributed by atoms with E-state index in [1.54, 1.807) is 18.9 Å². The third kappa shape index (κ3) is 2.49. The van der Waals surface area contributed by atoms with Gasteiger partial charge in [0.05, 0.1) is 19.3 Å². The van der Waals surface area contributed by atoms with Crippen LogP contribution in [0.4, 0.5) is 0 Å². The number of likely N-dealkylation sites (N-methyl/N-ethyl adjacent to an activating group) is 1. The highest BCUT2D eigenvalue weighted by Crippen LogP contribution is 2.61. The average molecular weight is 357 g/mol. The Kier molecular flexibility index (Phi) is 4.30. The summed E-state index contributed by atoms with van der Waals surface area (Å²) in [5.74, 6) is 2.67. The van der Waals surface area contributed by atoms with Crippen LogP contribution in [0.3, 0.4) is 0 Å². The number of nitrogens with zero attached hydrogens (tertiary/aromatic N) is 1. The minimum Gasteiger partial charge on any atom is -0.497 e. The van der Waals surface area contributed by atoms with Crippen molar-refractivity contribution in [2.75, 3.05) is 14.2 Å². The van der Waals surface area contributed by atoms with Crippen molar-refractivity contribution in [1.82, 2.24) is 4.90 Å². The van der Waals surface area contributed by atoms with E-state index in [2.05, 4.69) is 25.1 Å². The van der Waals surface area contributed by atoms with Gasteiger partial charge in [-0.05, 0) is 78.5 Å². The molecule has 0 aromatic heterocycles. The number of benzene rings is 1. The molecule has 0 aliphatic heterocycles. The van der Waals surface area contributed by atoms with Crippen LogP contribution in [0.2, 0.25) is 0 Å². The Morgan fingerprint density at radius 2 is 2.12 bits per heavy atom. The van der Waals surface area contributed by atoms with Gasteiger partial charge >= 0.3 is 0 Å². The number of fused-ring (bicyclic) bond motifs is 5. The molecule has 1 aromatic carbocycles. The van der Waals surface area contributed by atoms with Crippen LogP contribution in [0.5, 0.6) is 5.75 Å². The van der Waals surface area contributed by atoms with E-state index < -0.39 is 6.10 Å².